The lowest BCUT2D eigenvalue weighted by Crippen LogP contribution is -2.11. The van der Waals surface area contributed by atoms with Crippen molar-refractivity contribution in [3.05, 3.63) is 22.4 Å². The fourth-order valence-corrected chi connectivity index (χ4v) is 1.28. The van der Waals surface area contributed by atoms with Gasteiger partial charge in [-0.25, -0.2) is 4.39 Å². The monoisotopic (exact) mass is 169 g/mol. The lowest BCUT2D eigenvalue weighted by Gasteiger charge is -1.92. The molecule has 1 aromatic rings. The summed E-state index contributed by atoms with van der Waals surface area (Å²) in [4.78, 5) is 11.1. The van der Waals surface area contributed by atoms with Crippen molar-refractivity contribution in [3.8, 4) is 6.07 Å². The molecule has 1 atom stereocenters. The molecule has 11 heavy (non-hydrogen) atoms. The highest BCUT2D eigenvalue weighted by Crippen LogP contribution is 2.12. The van der Waals surface area contributed by atoms with Gasteiger partial charge in [-0.05, 0) is 11.4 Å². The Kier molecular flexibility index (Phi) is 2.34. The molecule has 4 heteroatoms. The molecule has 56 valence electrons. The molecule has 0 fully saturated rings. The summed E-state index contributed by atoms with van der Waals surface area (Å²) in [6, 6.07) is 4.38. The van der Waals surface area contributed by atoms with Crippen molar-refractivity contribution in [2.24, 2.45) is 0 Å². The van der Waals surface area contributed by atoms with Gasteiger partial charge in [-0.2, -0.15) is 5.26 Å². The molecular formula is C7H4FNOS. The first-order chi connectivity index (χ1) is 5.25. The minimum atomic E-state index is -2.02. The summed E-state index contributed by atoms with van der Waals surface area (Å²) < 4.78 is 12.4. The average Bonchev–Trinajstić information content (AvgIpc) is 2.53. The van der Waals surface area contributed by atoms with Crippen LogP contribution in [0.15, 0.2) is 17.5 Å². The Bertz CT molecular complexity index is 288. The summed E-state index contributed by atoms with van der Waals surface area (Å²) in [6.45, 7) is 0. The molecule has 0 saturated carbocycles. The van der Waals surface area contributed by atoms with Crippen LogP contribution in [-0.2, 0) is 0 Å². The van der Waals surface area contributed by atoms with Gasteiger partial charge in [0, 0.05) is 0 Å². The molecule has 1 unspecified atom stereocenters. The predicted octanol–water partition coefficient (Wildman–Crippen LogP) is 1.79. The van der Waals surface area contributed by atoms with E-state index in [0.29, 0.717) is 4.88 Å². The first-order valence-corrected chi connectivity index (χ1v) is 3.75. The van der Waals surface area contributed by atoms with Crippen molar-refractivity contribution in [2.75, 3.05) is 0 Å². The summed E-state index contributed by atoms with van der Waals surface area (Å²) in [5.41, 5.74) is 0. The fourth-order valence-electron chi connectivity index (χ4n) is 0.602. The van der Waals surface area contributed by atoms with Gasteiger partial charge in [-0.3, -0.25) is 4.79 Å². The lowest BCUT2D eigenvalue weighted by atomic mass is 10.2. The summed E-state index contributed by atoms with van der Waals surface area (Å²) >= 11 is 1.13. The molecule has 0 aliphatic rings. The Morgan fingerprint density at radius 1 is 1.82 bits per heavy atom. The number of nitriles is 1. The van der Waals surface area contributed by atoms with Crippen LogP contribution in [0.3, 0.4) is 0 Å². The van der Waals surface area contributed by atoms with Gasteiger partial charge in [-0.1, -0.05) is 6.07 Å². The number of carbonyl (C=O) groups is 1. The van der Waals surface area contributed by atoms with Crippen LogP contribution in [0.5, 0.6) is 0 Å². The molecule has 0 saturated heterocycles. The molecule has 0 N–H and O–H groups in total. The van der Waals surface area contributed by atoms with Crippen LogP contribution in [0.4, 0.5) is 4.39 Å². The summed E-state index contributed by atoms with van der Waals surface area (Å²) in [5.74, 6) is -0.748. The highest BCUT2D eigenvalue weighted by atomic mass is 32.1. The van der Waals surface area contributed by atoms with E-state index in [2.05, 4.69) is 0 Å². The Balaban J connectivity index is 2.81. The van der Waals surface area contributed by atoms with Crippen LogP contribution < -0.4 is 0 Å². The SMILES string of the molecule is N#CC(F)C(=O)c1cccs1. The van der Waals surface area contributed by atoms with E-state index in [4.69, 9.17) is 5.26 Å². The number of carbonyl (C=O) groups excluding carboxylic acids is 1. The van der Waals surface area contributed by atoms with Gasteiger partial charge in [0.2, 0.25) is 12.0 Å². The Morgan fingerprint density at radius 2 is 2.55 bits per heavy atom. The zero-order valence-electron chi connectivity index (χ0n) is 5.45. The van der Waals surface area contributed by atoms with Gasteiger partial charge >= 0.3 is 0 Å². The number of hydrogen-bond acceptors (Lipinski definition) is 3. The van der Waals surface area contributed by atoms with E-state index in [-0.39, 0.29) is 0 Å². The predicted molar refractivity (Wildman–Crippen MR) is 39.2 cm³/mol. The minimum Gasteiger partial charge on any atom is -0.289 e. The van der Waals surface area contributed by atoms with Crippen LogP contribution in [0.25, 0.3) is 0 Å². The molecule has 1 aromatic heterocycles. The number of hydrogen-bond donors (Lipinski definition) is 0. The lowest BCUT2D eigenvalue weighted by molar-refractivity contribution is 0.0922. The number of halogens is 1. The van der Waals surface area contributed by atoms with Crippen LogP contribution >= 0.6 is 11.3 Å². The Morgan fingerprint density at radius 3 is 3.00 bits per heavy atom. The zero-order chi connectivity index (χ0) is 8.27. The average molecular weight is 169 g/mol. The van der Waals surface area contributed by atoms with Crippen LogP contribution in [0.2, 0.25) is 0 Å². The third kappa shape index (κ3) is 1.63. The van der Waals surface area contributed by atoms with Gasteiger partial charge in [0.25, 0.3) is 0 Å². The van der Waals surface area contributed by atoms with Gasteiger partial charge in [-0.15, -0.1) is 11.3 Å². The second-order valence-electron chi connectivity index (χ2n) is 1.83. The van der Waals surface area contributed by atoms with Crippen molar-refractivity contribution >= 4 is 17.1 Å². The van der Waals surface area contributed by atoms with E-state index in [9.17, 15) is 9.18 Å². The molecule has 1 rings (SSSR count). The third-order valence-corrected chi connectivity index (χ3v) is 1.99. The number of rotatable bonds is 2. The smallest absolute Gasteiger partial charge is 0.249 e. The topological polar surface area (TPSA) is 40.9 Å². The summed E-state index contributed by atoms with van der Waals surface area (Å²) in [5, 5.41) is 9.73. The van der Waals surface area contributed by atoms with Crippen molar-refractivity contribution in [1.29, 1.82) is 5.26 Å². The maximum absolute atomic E-state index is 12.4. The quantitative estimate of drug-likeness (QED) is 0.633. The molecule has 0 aromatic carbocycles. The van der Waals surface area contributed by atoms with Gasteiger partial charge in [0.05, 0.1) is 4.88 Å². The highest BCUT2D eigenvalue weighted by Gasteiger charge is 2.18. The van der Waals surface area contributed by atoms with Crippen molar-refractivity contribution in [3.63, 3.8) is 0 Å². The second kappa shape index (κ2) is 3.26. The van der Waals surface area contributed by atoms with E-state index in [1.165, 1.54) is 12.1 Å². The molecule has 0 aliphatic carbocycles. The highest BCUT2D eigenvalue weighted by molar-refractivity contribution is 7.12. The minimum absolute atomic E-state index is 0.291. The number of thiophene rings is 1. The van der Waals surface area contributed by atoms with E-state index in [1.54, 1.807) is 11.4 Å². The maximum Gasteiger partial charge on any atom is 0.249 e. The summed E-state index contributed by atoms with van der Waals surface area (Å²) in [7, 11) is 0. The van der Waals surface area contributed by atoms with Crippen LogP contribution in [0, 0.1) is 11.3 Å². The van der Waals surface area contributed by atoms with Crippen molar-refractivity contribution in [1.82, 2.24) is 0 Å². The molecule has 0 spiro atoms. The largest absolute Gasteiger partial charge is 0.289 e. The number of Topliss-reactive ketones (excluding diaryl/α,β-unsaturated/α-hetero) is 1. The van der Waals surface area contributed by atoms with Crippen molar-refractivity contribution in [2.45, 2.75) is 6.17 Å². The van der Waals surface area contributed by atoms with E-state index < -0.39 is 12.0 Å². The number of ketones is 1. The molecule has 0 bridgehead atoms. The van der Waals surface area contributed by atoms with Gasteiger partial charge in [0.15, 0.2) is 0 Å². The fraction of sp³-hybridized carbons (Fsp3) is 0.143. The molecule has 0 amide bonds. The Labute approximate surface area is 66.9 Å². The standard InChI is InChI=1S/C7H4FNOS/c8-5(4-9)7(10)6-2-1-3-11-6/h1-3,5H. The van der Waals surface area contributed by atoms with E-state index in [1.807, 2.05) is 0 Å². The van der Waals surface area contributed by atoms with E-state index in [0.717, 1.165) is 11.3 Å². The maximum atomic E-state index is 12.4. The van der Waals surface area contributed by atoms with Crippen molar-refractivity contribution < 1.29 is 9.18 Å². The molecule has 0 aliphatic heterocycles. The van der Waals surface area contributed by atoms with Crippen LogP contribution in [0.1, 0.15) is 9.67 Å². The number of alkyl halides is 1. The van der Waals surface area contributed by atoms with Crippen LogP contribution in [-0.4, -0.2) is 12.0 Å². The third-order valence-electron chi connectivity index (χ3n) is 1.11. The molecule has 1 heterocycles. The Hall–Kier alpha value is -1.21. The zero-order valence-corrected chi connectivity index (χ0v) is 6.27. The van der Waals surface area contributed by atoms with Gasteiger partial charge in [0.1, 0.15) is 6.07 Å². The van der Waals surface area contributed by atoms with Gasteiger partial charge < -0.3 is 0 Å². The summed E-state index contributed by atoms with van der Waals surface area (Å²) in [6.07, 6.45) is -2.02. The molecular weight excluding hydrogens is 165 g/mol. The number of nitrogens with zero attached hydrogens (tertiary/aromatic N) is 1. The molecule has 0 radical (unpaired) electrons. The second-order valence-corrected chi connectivity index (χ2v) is 2.78. The first kappa shape index (κ1) is 7.89. The van der Waals surface area contributed by atoms with E-state index >= 15 is 0 Å². The normalized spacial score (nSPS) is 12.0. The molecule has 2 nitrogen and oxygen atoms in total. The first-order valence-electron chi connectivity index (χ1n) is 2.87.